The topological polar surface area (TPSA) is 66.4 Å². The highest BCUT2D eigenvalue weighted by Crippen LogP contribution is 2.34. The van der Waals surface area contributed by atoms with Crippen molar-refractivity contribution >= 4 is 23.2 Å². The van der Waals surface area contributed by atoms with E-state index in [0.29, 0.717) is 12.3 Å². The molecule has 1 aliphatic rings. The summed E-state index contributed by atoms with van der Waals surface area (Å²) in [6.07, 6.45) is 2.42. The fourth-order valence-corrected chi connectivity index (χ4v) is 2.53. The van der Waals surface area contributed by atoms with Crippen molar-refractivity contribution in [3.8, 4) is 0 Å². The van der Waals surface area contributed by atoms with Crippen LogP contribution in [0.3, 0.4) is 0 Å². The van der Waals surface area contributed by atoms with E-state index in [-0.39, 0.29) is 18.4 Å². The lowest BCUT2D eigenvalue weighted by atomic mass is 10.1. The standard InChI is InChI=1S/C12H15NO3S/c14-11(5-8-3-4-17-7-8)13-10(6-12(15)16)9-1-2-9/h3-4,7,9-10H,1-2,5-6H2,(H,13,14)(H,15,16). The van der Waals surface area contributed by atoms with Crippen LogP contribution in [0.25, 0.3) is 0 Å². The zero-order chi connectivity index (χ0) is 12.3. The smallest absolute Gasteiger partial charge is 0.305 e. The molecule has 1 aromatic heterocycles. The Morgan fingerprint density at radius 2 is 2.29 bits per heavy atom. The molecule has 0 spiro atoms. The van der Waals surface area contributed by atoms with Crippen molar-refractivity contribution in [2.24, 2.45) is 5.92 Å². The molecule has 2 rings (SSSR count). The molecule has 5 heteroatoms. The Morgan fingerprint density at radius 3 is 2.82 bits per heavy atom. The van der Waals surface area contributed by atoms with Gasteiger partial charge in [-0.05, 0) is 41.1 Å². The molecule has 0 saturated heterocycles. The van der Waals surface area contributed by atoms with Crippen LogP contribution in [0, 0.1) is 5.92 Å². The molecule has 1 saturated carbocycles. The van der Waals surface area contributed by atoms with Crippen LogP contribution in [0.1, 0.15) is 24.8 Å². The average molecular weight is 253 g/mol. The van der Waals surface area contributed by atoms with Gasteiger partial charge in [0, 0.05) is 6.04 Å². The summed E-state index contributed by atoms with van der Waals surface area (Å²) < 4.78 is 0. The average Bonchev–Trinajstić information content (AvgIpc) is 2.97. The molecule has 0 aliphatic heterocycles. The summed E-state index contributed by atoms with van der Waals surface area (Å²) in [6, 6.07) is 1.71. The Labute approximate surface area is 104 Å². The van der Waals surface area contributed by atoms with Crippen LogP contribution in [0.4, 0.5) is 0 Å². The van der Waals surface area contributed by atoms with Crippen LogP contribution in [0.5, 0.6) is 0 Å². The van der Waals surface area contributed by atoms with E-state index in [0.717, 1.165) is 18.4 Å². The maximum Gasteiger partial charge on any atom is 0.305 e. The van der Waals surface area contributed by atoms with Crippen LogP contribution in [0.2, 0.25) is 0 Å². The van der Waals surface area contributed by atoms with Gasteiger partial charge in [0.2, 0.25) is 5.91 Å². The van der Waals surface area contributed by atoms with E-state index < -0.39 is 5.97 Å². The van der Waals surface area contributed by atoms with Gasteiger partial charge < -0.3 is 10.4 Å². The van der Waals surface area contributed by atoms with Crippen LogP contribution in [0.15, 0.2) is 16.8 Å². The summed E-state index contributed by atoms with van der Waals surface area (Å²) in [7, 11) is 0. The quantitative estimate of drug-likeness (QED) is 0.810. The molecule has 92 valence electrons. The number of aliphatic carboxylic acids is 1. The summed E-state index contributed by atoms with van der Waals surface area (Å²) in [5.41, 5.74) is 0.984. The van der Waals surface area contributed by atoms with E-state index in [4.69, 9.17) is 5.11 Å². The second-order valence-corrected chi connectivity index (χ2v) is 5.20. The van der Waals surface area contributed by atoms with Gasteiger partial charge in [0.1, 0.15) is 0 Å². The molecule has 0 aromatic carbocycles. The van der Waals surface area contributed by atoms with Crippen molar-refractivity contribution in [3.05, 3.63) is 22.4 Å². The van der Waals surface area contributed by atoms with Gasteiger partial charge in [-0.2, -0.15) is 11.3 Å². The number of carbonyl (C=O) groups excluding carboxylic acids is 1. The number of thiophene rings is 1. The molecule has 0 radical (unpaired) electrons. The molecule has 1 fully saturated rings. The van der Waals surface area contributed by atoms with Gasteiger partial charge in [-0.25, -0.2) is 0 Å². The molecule has 1 unspecified atom stereocenters. The molecule has 1 atom stereocenters. The predicted molar refractivity (Wildman–Crippen MR) is 64.9 cm³/mol. The third kappa shape index (κ3) is 3.85. The highest BCUT2D eigenvalue weighted by molar-refractivity contribution is 7.07. The number of carboxylic acids is 1. The summed E-state index contributed by atoms with van der Waals surface area (Å²) in [6.45, 7) is 0. The van der Waals surface area contributed by atoms with E-state index in [9.17, 15) is 9.59 Å². The third-order valence-corrected chi connectivity index (χ3v) is 3.61. The molecular weight excluding hydrogens is 238 g/mol. The molecular formula is C12H15NO3S. The third-order valence-electron chi connectivity index (χ3n) is 2.88. The first-order valence-corrected chi connectivity index (χ1v) is 6.61. The number of rotatable bonds is 6. The molecule has 1 aromatic rings. The Balaban J connectivity index is 1.84. The highest BCUT2D eigenvalue weighted by Gasteiger charge is 2.33. The minimum Gasteiger partial charge on any atom is -0.481 e. The first-order chi connectivity index (χ1) is 8.15. The summed E-state index contributed by atoms with van der Waals surface area (Å²) in [4.78, 5) is 22.4. The summed E-state index contributed by atoms with van der Waals surface area (Å²) in [5, 5.41) is 15.5. The minimum absolute atomic E-state index is 0.0278. The van der Waals surface area contributed by atoms with Gasteiger partial charge in [0.15, 0.2) is 0 Å². The molecule has 2 N–H and O–H groups in total. The number of carbonyl (C=O) groups is 2. The molecule has 0 bridgehead atoms. The monoisotopic (exact) mass is 253 g/mol. The fraction of sp³-hybridized carbons (Fsp3) is 0.500. The normalized spacial score (nSPS) is 16.5. The van der Waals surface area contributed by atoms with Gasteiger partial charge >= 0.3 is 5.97 Å². The Morgan fingerprint density at radius 1 is 1.53 bits per heavy atom. The van der Waals surface area contributed by atoms with Crippen LogP contribution in [-0.4, -0.2) is 23.0 Å². The molecule has 1 heterocycles. The predicted octanol–water partition coefficient (Wildman–Crippen LogP) is 1.66. The first-order valence-electron chi connectivity index (χ1n) is 5.67. The van der Waals surface area contributed by atoms with Crippen molar-refractivity contribution in [2.75, 3.05) is 0 Å². The zero-order valence-electron chi connectivity index (χ0n) is 9.39. The number of carboxylic acid groups (broad SMARTS) is 1. The van der Waals surface area contributed by atoms with Crippen molar-refractivity contribution < 1.29 is 14.7 Å². The van der Waals surface area contributed by atoms with Crippen LogP contribution in [-0.2, 0) is 16.0 Å². The Bertz CT molecular complexity index is 398. The van der Waals surface area contributed by atoms with Crippen molar-refractivity contribution in [1.82, 2.24) is 5.32 Å². The van der Waals surface area contributed by atoms with E-state index in [1.807, 2.05) is 16.8 Å². The van der Waals surface area contributed by atoms with Gasteiger partial charge in [-0.1, -0.05) is 0 Å². The number of nitrogens with one attached hydrogen (secondary N) is 1. The zero-order valence-corrected chi connectivity index (χ0v) is 10.2. The maximum absolute atomic E-state index is 11.7. The van der Waals surface area contributed by atoms with E-state index >= 15 is 0 Å². The molecule has 1 aliphatic carbocycles. The molecule has 1 amide bonds. The SMILES string of the molecule is O=C(O)CC(NC(=O)Cc1ccsc1)C1CC1. The van der Waals surface area contributed by atoms with Crippen LogP contribution < -0.4 is 5.32 Å². The Hall–Kier alpha value is -1.36. The lowest BCUT2D eigenvalue weighted by Gasteiger charge is -2.15. The number of amides is 1. The summed E-state index contributed by atoms with van der Waals surface area (Å²) >= 11 is 1.56. The minimum atomic E-state index is -0.849. The van der Waals surface area contributed by atoms with Gasteiger partial charge in [-0.3, -0.25) is 9.59 Å². The second kappa shape index (κ2) is 5.31. The highest BCUT2D eigenvalue weighted by atomic mass is 32.1. The molecule has 4 nitrogen and oxygen atoms in total. The lowest BCUT2D eigenvalue weighted by molar-refractivity contribution is -0.137. The van der Waals surface area contributed by atoms with Gasteiger partial charge in [0.05, 0.1) is 12.8 Å². The fourth-order valence-electron chi connectivity index (χ4n) is 1.86. The van der Waals surface area contributed by atoms with Gasteiger partial charge in [-0.15, -0.1) is 0 Å². The Kier molecular flexibility index (Phi) is 3.78. The largest absolute Gasteiger partial charge is 0.481 e. The van der Waals surface area contributed by atoms with E-state index in [2.05, 4.69) is 5.32 Å². The van der Waals surface area contributed by atoms with E-state index in [1.165, 1.54) is 0 Å². The lowest BCUT2D eigenvalue weighted by Crippen LogP contribution is -2.38. The van der Waals surface area contributed by atoms with E-state index in [1.54, 1.807) is 11.3 Å². The second-order valence-electron chi connectivity index (χ2n) is 4.42. The van der Waals surface area contributed by atoms with Crippen molar-refractivity contribution in [1.29, 1.82) is 0 Å². The van der Waals surface area contributed by atoms with Gasteiger partial charge in [0.25, 0.3) is 0 Å². The maximum atomic E-state index is 11.7. The number of hydrogen-bond donors (Lipinski definition) is 2. The van der Waals surface area contributed by atoms with Crippen LogP contribution >= 0.6 is 11.3 Å². The van der Waals surface area contributed by atoms with Crippen molar-refractivity contribution in [3.63, 3.8) is 0 Å². The molecule has 17 heavy (non-hydrogen) atoms. The van der Waals surface area contributed by atoms with Crippen molar-refractivity contribution in [2.45, 2.75) is 31.7 Å². The first kappa shape index (κ1) is 12.1. The number of hydrogen-bond acceptors (Lipinski definition) is 3. The summed E-state index contributed by atoms with van der Waals surface area (Å²) in [5.74, 6) is -0.572.